The average Bonchev–Trinajstić information content (AvgIpc) is 3.49. The summed E-state index contributed by atoms with van der Waals surface area (Å²) in [5.41, 5.74) is 10.0. The quantitative estimate of drug-likeness (QED) is 0.566. The fraction of sp³-hybridized carbons (Fsp3) is 0.533. The fourth-order valence-electron chi connectivity index (χ4n) is 7.53. The van der Waals surface area contributed by atoms with Crippen LogP contribution in [0.2, 0.25) is 0 Å². The monoisotopic (exact) mass is 514 g/mol. The van der Waals surface area contributed by atoms with Gasteiger partial charge in [-0.25, -0.2) is 4.98 Å². The van der Waals surface area contributed by atoms with Crippen LogP contribution in [-0.2, 0) is 10.2 Å². The van der Waals surface area contributed by atoms with Crippen molar-refractivity contribution >= 4 is 23.5 Å². The van der Waals surface area contributed by atoms with Gasteiger partial charge < -0.3 is 19.9 Å². The van der Waals surface area contributed by atoms with Crippen LogP contribution in [0.4, 0.5) is 11.5 Å². The number of benzene rings is 1. The molecule has 7 rings (SSSR count). The van der Waals surface area contributed by atoms with Crippen LogP contribution in [-0.4, -0.2) is 68.2 Å². The first-order chi connectivity index (χ1) is 18.5. The van der Waals surface area contributed by atoms with E-state index in [-0.39, 0.29) is 11.3 Å². The highest BCUT2D eigenvalue weighted by Crippen LogP contribution is 2.65. The number of anilines is 2. The molecule has 38 heavy (non-hydrogen) atoms. The number of aromatic nitrogens is 1. The number of hydrogen-bond donors (Lipinski definition) is 3. The summed E-state index contributed by atoms with van der Waals surface area (Å²) in [4.78, 5) is 22.6. The predicted octanol–water partition coefficient (Wildman–Crippen LogP) is 3.03. The second kappa shape index (κ2) is 9.36. The van der Waals surface area contributed by atoms with Gasteiger partial charge in [0.05, 0.1) is 12.5 Å². The second-order valence-electron chi connectivity index (χ2n) is 11.9. The van der Waals surface area contributed by atoms with Crippen molar-refractivity contribution in [3.8, 4) is 5.75 Å². The lowest BCUT2D eigenvalue weighted by molar-refractivity contribution is -0.118. The lowest BCUT2D eigenvalue weighted by Crippen LogP contribution is -2.44. The Balaban J connectivity index is 0.977. The van der Waals surface area contributed by atoms with E-state index >= 15 is 0 Å². The first-order valence-corrected chi connectivity index (χ1v) is 14.1. The molecule has 2 aliphatic carbocycles. The topological polar surface area (TPSA) is 81.8 Å². The molecular weight excluding hydrogens is 476 g/mol. The summed E-state index contributed by atoms with van der Waals surface area (Å²) in [6.07, 6.45) is 10.9. The Kier molecular flexibility index (Phi) is 5.94. The van der Waals surface area contributed by atoms with Gasteiger partial charge >= 0.3 is 0 Å². The lowest BCUT2D eigenvalue weighted by atomic mass is 9.73. The van der Waals surface area contributed by atoms with Crippen molar-refractivity contribution in [3.05, 3.63) is 53.7 Å². The molecule has 0 radical (unpaired) electrons. The minimum atomic E-state index is -0.351. The zero-order valence-electron chi connectivity index (χ0n) is 22.3. The normalized spacial score (nSPS) is 34.4. The largest absolute Gasteiger partial charge is 0.497 e. The molecule has 5 aliphatic rings. The average molecular weight is 515 g/mol. The van der Waals surface area contributed by atoms with Crippen molar-refractivity contribution in [2.45, 2.75) is 43.2 Å². The summed E-state index contributed by atoms with van der Waals surface area (Å²) >= 11 is 0. The molecular formula is C30H38N6O2. The summed E-state index contributed by atoms with van der Waals surface area (Å²) < 4.78 is 5.47. The number of fused-ring (bicyclic) bond motifs is 3. The smallest absolute Gasteiger partial charge is 0.235 e. The van der Waals surface area contributed by atoms with E-state index in [4.69, 9.17) is 9.72 Å². The Labute approximate surface area is 224 Å². The third-order valence-electron chi connectivity index (χ3n) is 9.88. The standard InChI is InChI=1S/C30H38N6O2/c1-35-11-13-36(14-12-35)28-10-4-19(18-31-28)3-8-25-22-7-5-20(15-27(22)34-33-25)24-17-30(24)23-16-21(38-2)6-9-26(23)32-29(30)37/h3-4,6,8-10,16,18,20,22,24-25,27,33-34H,5,7,11-15,17H2,1-2H3,(H,32,37)/b8-3+/t20?,22?,24-,25?,27?,30-/m1/s1. The molecule has 1 aromatic carbocycles. The van der Waals surface area contributed by atoms with Crippen molar-refractivity contribution in [1.82, 2.24) is 20.7 Å². The summed E-state index contributed by atoms with van der Waals surface area (Å²) in [6.45, 7) is 4.25. The minimum absolute atomic E-state index is 0.179. The number of rotatable bonds is 5. The first kappa shape index (κ1) is 24.1. The van der Waals surface area contributed by atoms with E-state index in [1.54, 1.807) is 7.11 Å². The number of methoxy groups -OCH3 is 1. The zero-order chi connectivity index (χ0) is 25.9. The number of ether oxygens (including phenoxy) is 1. The maximum atomic E-state index is 13.1. The number of nitrogens with one attached hydrogen (secondary N) is 3. The molecule has 3 N–H and O–H groups in total. The molecule has 4 unspecified atom stereocenters. The zero-order valence-corrected chi connectivity index (χ0v) is 22.3. The first-order valence-electron chi connectivity index (χ1n) is 14.1. The highest BCUT2D eigenvalue weighted by atomic mass is 16.5. The van der Waals surface area contributed by atoms with Crippen molar-refractivity contribution < 1.29 is 9.53 Å². The number of hydrazine groups is 1. The van der Waals surface area contributed by atoms with E-state index in [9.17, 15) is 4.79 Å². The van der Waals surface area contributed by atoms with Crippen molar-refractivity contribution in [2.75, 3.05) is 50.6 Å². The molecule has 6 atom stereocenters. The summed E-state index contributed by atoms with van der Waals surface area (Å²) in [5, 5.41) is 3.14. The van der Waals surface area contributed by atoms with E-state index in [0.717, 1.165) is 67.4 Å². The molecule has 3 aliphatic heterocycles. The molecule has 4 fully saturated rings. The molecule has 2 saturated carbocycles. The van der Waals surface area contributed by atoms with Gasteiger partial charge in [-0.2, -0.15) is 0 Å². The maximum Gasteiger partial charge on any atom is 0.235 e. The highest BCUT2D eigenvalue weighted by molar-refractivity contribution is 6.09. The minimum Gasteiger partial charge on any atom is -0.497 e. The number of nitrogens with zero attached hydrogens (tertiary/aromatic N) is 3. The van der Waals surface area contributed by atoms with E-state index < -0.39 is 0 Å². The second-order valence-corrected chi connectivity index (χ2v) is 11.9. The number of pyridine rings is 1. The van der Waals surface area contributed by atoms with Gasteiger partial charge in [-0.1, -0.05) is 12.2 Å². The Hall–Kier alpha value is -2.94. The Morgan fingerprint density at radius 3 is 2.76 bits per heavy atom. The molecule has 8 nitrogen and oxygen atoms in total. The van der Waals surface area contributed by atoms with Crippen LogP contribution in [0, 0.1) is 17.8 Å². The van der Waals surface area contributed by atoms with Crippen LogP contribution in [0.15, 0.2) is 42.6 Å². The van der Waals surface area contributed by atoms with Gasteiger partial charge in [0.15, 0.2) is 0 Å². The predicted molar refractivity (Wildman–Crippen MR) is 149 cm³/mol. The van der Waals surface area contributed by atoms with Crippen molar-refractivity contribution in [1.29, 1.82) is 0 Å². The molecule has 1 spiro atoms. The maximum absolute atomic E-state index is 13.1. The van der Waals surface area contributed by atoms with Gasteiger partial charge in [-0.05, 0) is 91.9 Å². The third-order valence-corrected chi connectivity index (χ3v) is 9.88. The molecule has 200 valence electrons. The molecule has 2 saturated heterocycles. The van der Waals surface area contributed by atoms with Gasteiger partial charge in [0.25, 0.3) is 0 Å². The van der Waals surface area contributed by atoms with Crippen molar-refractivity contribution in [3.63, 3.8) is 0 Å². The molecule has 1 aromatic heterocycles. The van der Waals surface area contributed by atoms with Gasteiger partial charge in [0, 0.05) is 50.1 Å². The summed E-state index contributed by atoms with van der Waals surface area (Å²) in [6, 6.07) is 11.1. The van der Waals surface area contributed by atoms with E-state index in [1.807, 2.05) is 18.3 Å². The van der Waals surface area contributed by atoms with Gasteiger partial charge in [0.1, 0.15) is 11.6 Å². The Morgan fingerprint density at radius 2 is 1.97 bits per heavy atom. The van der Waals surface area contributed by atoms with Crippen LogP contribution >= 0.6 is 0 Å². The van der Waals surface area contributed by atoms with E-state index in [2.05, 4.69) is 63.4 Å². The Bertz CT molecular complexity index is 1240. The molecule has 1 amide bonds. The highest BCUT2D eigenvalue weighted by Gasteiger charge is 2.67. The summed E-state index contributed by atoms with van der Waals surface area (Å²) in [5.74, 6) is 3.62. The number of amides is 1. The van der Waals surface area contributed by atoms with Crippen LogP contribution in [0.25, 0.3) is 6.08 Å². The number of hydrogen-bond acceptors (Lipinski definition) is 7. The summed E-state index contributed by atoms with van der Waals surface area (Å²) in [7, 11) is 3.86. The van der Waals surface area contributed by atoms with Crippen LogP contribution in [0.1, 0.15) is 36.8 Å². The third kappa shape index (κ3) is 4.01. The van der Waals surface area contributed by atoms with Gasteiger partial charge in [0.2, 0.25) is 5.91 Å². The van der Waals surface area contributed by atoms with Gasteiger partial charge in [-0.15, -0.1) is 0 Å². The number of piperazine rings is 1. The van der Waals surface area contributed by atoms with E-state index in [0.29, 0.717) is 29.8 Å². The van der Waals surface area contributed by atoms with Gasteiger partial charge in [-0.3, -0.25) is 15.6 Å². The van der Waals surface area contributed by atoms with Crippen LogP contribution in [0.3, 0.4) is 0 Å². The SMILES string of the molecule is COc1ccc2c(c1)[C@@]1(C[C@@H]1C1CCC3C(/C=C/c4ccc(N5CCN(C)CC5)nc4)NNC3C1)C(=O)N2. The molecule has 8 heteroatoms. The number of carbonyl (C=O) groups excluding carboxylic acids is 1. The lowest BCUT2D eigenvalue weighted by Gasteiger charge is -2.33. The fourth-order valence-corrected chi connectivity index (χ4v) is 7.53. The Morgan fingerprint density at radius 1 is 1.11 bits per heavy atom. The van der Waals surface area contributed by atoms with E-state index in [1.165, 1.54) is 12.8 Å². The molecule has 4 heterocycles. The molecule has 0 bridgehead atoms. The number of carbonyl (C=O) groups is 1. The number of likely N-dealkylation sites (N-methyl/N-ethyl adjacent to an activating group) is 1. The molecule has 2 aromatic rings. The van der Waals surface area contributed by atoms with Crippen LogP contribution in [0.5, 0.6) is 5.75 Å². The van der Waals surface area contributed by atoms with Crippen LogP contribution < -0.4 is 25.8 Å². The van der Waals surface area contributed by atoms with Crippen molar-refractivity contribution in [2.24, 2.45) is 17.8 Å².